The molecule has 0 aliphatic rings. The zero-order valence-corrected chi connectivity index (χ0v) is 12.3. The number of rotatable bonds is 8. The van der Waals surface area contributed by atoms with Crippen molar-refractivity contribution in [3.8, 4) is 5.75 Å². The van der Waals surface area contributed by atoms with Gasteiger partial charge in [0.05, 0.1) is 0 Å². The van der Waals surface area contributed by atoms with Crippen LogP contribution in [-0.2, 0) is 0 Å². The highest BCUT2D eigenvalue weighted by Gasteiger charge is 2.08. The number of hydrogen-bond donors (Lipinski definition) is 1. The first-order chi connectivity index (χ1) is 8.26. The van der Waals surface area contributed by atoms with Crippen LogP contribution >= 0.6 is 15.9 Å². The van der Waals surface area contributed by atoms with E-state index in [4.69, 9.17) is 4.74 Å². The van der Waals surface area contributed by atoms with Gasteiger partial charge in [0.25, 0.3) is 0 Å². The summed E-state index contributed by atoms with van der Waals surface area (Å²) in [6.07, 6.45) is 3.67. The Bertz CT molecular complexity index is 300. The second-order valence-electron chi connectivity index (χ2n) is 4.19. The summed E-state index contributed by atoms with van der Waals surface area (Å²) in [7, 11) is 0. The summed E-state index contributed by atoms with van der Waals surface area (Å²) in [4.78, 5) is 0. The molecular formula is C14H22BrNO. The first kappa shape index (κ1) is 14.5. The normalized spacial score (nSPS) is 12.4. The van der Waals surface area contributed by atoms with Crippen LogP contribution < -0.4 is 10.1 Å². The molecular weight excluding hydrogens is 278 g/mol. The van der Waals surface area contributed by atoms with E-state index in [-0.39, 0.29) is 6.10 Å². The van der Waals surface area contributed by atoms with E-state index in [1.165, 1.54) is 0 Å². The summed E-state index contributed by atoms with van der Waals surface area (Å²) in [5, 5.41) is 3.42. The number of ether oxygens (including phenoxy) is 1. The average molecular weight is 300 g/mol. The summed E-state index contributed by atoms with van der Waals surface area (Å²) in [6, 6.07) is 8.04. The van der Waals surface area contributed by atoms with Crippen molar-refractivity contribution in [2.75, 3.05) is 13.1 Å². The van der Waals surface area contributed by atoms with Gasteiger partial charge >= 0.3 is 0 Å². The quantitative estimate of drug-likeness (QED) is 0.733. The highest BCUT2D eigenvalue weighted by Crippen LogP contribution is 2.18. The predicted octanol–water partition coefficient (Wildman–Crippen LogP) is 4.00. The van der Waals surface area contributed by atoms with Crippen molar-refractivity contribution in [1.29, 1.82) is 0 Å². The van der Waals surface area contributed by atoms with E-state index in [9.17, 15) is 0 Å². The van der Waals surface area contributed by atoms with Gasteiger partial charge in [-0.25, -0.2) is 0 Å². The minimum atomic E-state index is 0.271. The van der Waals surface area contributed by atoms with Crippen LogP contribution in [0.15, 0.2) is 28.7 Å². The number of nitrogens with one attached hydrogen (secondary N) is 1. The Morgan fingerprint density at radius 1 is 1.18 bits per heavy atom. The van der Waals surface area contributed by atoms with Gasteiger partial charge in [-0.1, -0.05) is 36.2 Å². The molecule has 3 heteroatoms. The summed E-state index contributed by atoms with van der Waals surface area (Å²) in [6.45, 7) is 6.36. The molecule has 1 aromatic rings. The second-order valence-corrected chi connectivity index (χ2v) is 5.10. The van der Waals surface area contributed by atoms with Gasteiger partial charge in [0, 0.05) is 11.0 Å². The molecule has 1 aromatic carbocycles. The molecule has 1 rings (SSSR count). The third kappa shape index (κ3) is 6.08. The fourth-order valence-electron chi connectivity index (χ4n) is 1.67. The van der Waals surface area contributed by atoms with Crippen molar-refractivity contribution in [1.82, 2.24) is 5.32 Å². The van der Waals surface area contributed by atoms with Crippen LogP contribution in [0, 0.1) is 0 Å². The lowest BCUT2D eigenvalue weighted by molar-refractivity contribution is 0.186. The topological polar surface area (TPSA) is 21.3 Å². The monoisotopic (exact) mass is 299 g/mol. The lowest BCUT2D eigenvalue weighted by atomic mass is 10.2. The molecule has 0 heterocycles. The van der Waals surface area contributed by atoms with Crippen molar-refractivity contribution in [2.24, 2.45) is 0 Å². The minimum absolute atomic E-state index is 0.271. The van der Waals surface area contributed by atoms with Gasteiger partial charge in [0.15, 0.2) is 0 Å². The van der Waals surface area contributed by atoms with Crippen LogP contribution in [0.25, 0.3) is 0 Å². The maximum atomic E-state index is 5.97. The molecule has 0 amide bonds. The van der Waals surface area contributed by atoms with Gasteiger partial charge in [-0.3, -0.25) is 0 Å². The SMILES string of the molecule is CCCNCC(CCC)Oc1ccc(Br)cc1. The first-order valence-corrected chi connectivity index (χ1v) is 7.18. The lowest BCUT2D eigenvalue weighted by Crippen LogP contribution is -2.31. The van der Waals surface area contributed by atoms with Gasteiger partial charge in [-0.2, -0.15) is 0 Å². The Balaban J connectivity index is 2.44. The Labute approximate surface area is 113 Å². The summed E-state index contributed by atoms with van der Waals surface area (Å²) < 4.78 is 7.06. The van der Waals surface area contributed by atoms with E-state index in [2.05, 4.69) is 35.1 Å². The highest BCUT2D eigenvalue weighted by atomic mass is 79.9. The number of benzene rings is 1. The fourth-order valence-corrected chi connectivity index (χ4v) is 1.93. The van der Waals surface area contributed by atoms with Gasteiger partial charge in [0.2, 0.25) is 0 Å². The van der Waals surface area contributed by atoms with E-state index in [0.717, 1.165) is 42.6 Å². The summed E-state index contributed by atoms with van der Waals surface area (Å²) >= 11 is 3.43. The lowest BCUT2D eigenvalue weighted by Gasteiger charge is -2.19. The van der Waals surface area contributed by atoms with Crippen molar-refractivity contribution < 1.29 is 4.74 Å². The van der Waals surface area contributed by atoms with Crippen LogP contribution in [0.5, 0.6) is 5.75 Å². The molecule has 0 radical (unpaired) electrons. The standard InChI is InChI=1S/C14H22BrNO/c1-3-5-14(11-16-10-4-2)17-13-8-6-12(15)7-9-13/h6-9,14,16H,3-5,10-11H2,1-2H3. The van der Waals surface area contributed by atoms with Crippen LogP contribution in [0.3, 0.4) is 0 Å². The van der Waals surface area contributed by atoms with Crippen LogP contribution in [-0.4, -0.2) is 19.2 Å². The van der Waals surface area contributed by atoms with Gasteiger partial charge < -0.3 is 10.1 Å². The Morgan fingerprint density at radius 2 is 1.88 bits per heavy atom. The minimum Gasteiger partial charge on any atom is -0.489 e. The molecule has 2 nitrogen and oxygen atoms in total. The Kier molecular flexibility index (Phi) is 7.29. The molecule has 0 aromatic heterocycles. The molecule has 0 spiro atoms. The van der Waals surface area contributed by atoms with E-state index in [1.807, 2.05) is 24.3 Å². The molecule has 0 aliphatic carbocycles. The zero-order chi connectivity index (χ0) is 12.5. The number of halogens is 1. The molecule has 96 valence electrons. The predicted molar refractivity (Wildman–Crippen MR) is 76.6 cm³/mol. The van der Waals surface area contributed by atoms with Crippen LogP contribution in [0.4, 0.5) is 0 Å². The fraction of sp³-hybridized carbons (Fsp3) is 0.571. The van der Waals surface area contributed by atoms with Crippen molar-refractivity contribution in [3.63, 3.8) is 0 Å². The Morgan fingerprint density at radius 3 is 2.47 bits per heavy atom. The second kappa shape index (κ2) is 8.54. The first-order valence-electron chi connectivity index (χ1n) is 6.39. The number of hydrogen-bond acceptors (Lipinski definition) is 2. The van der Waals surface area contributed by atoms with Gasteiger partial charge in [-0.15, -0.1) is 0 Å². The zero-order valence-electron chi connectivity index (χ0n) is 10.7. The van der Waals surface area contributed by atoms with Crippen LogP contribution in [0.2, 0.25) is 0 Å². The largest absolute Gasteiger partial charge is 0.489 e. The van der Waals surface area contributed by atoms with E-state index >= 15 is 0 Å². The van der Waals surface area contributed by atoms with E-state index in [1.54, 1.807) is 0 Å². The van der Waals surface area contributed by atoms with E-state index < -0.39 is 0 Å². The molecule has 1 atom stereocenters. The third-order valence-corrected chi connectivity index (χ3v) is 3.05. The van der Waals surface area contributed by atoms with Gasteiger partial charge in [0.1, 0.15) is 11.9 Å². The third-order valence-electron chi connectivity index (χ3n) is 2.53. The summed E-state index contributed by atoms with van der Waals surface area (Å²) in [5.41, 5.74) is 0. The molecule has 0 bridgehead atoms. The molecule has 17 heavy (non-hydrogen) atoms. The van der Waals surface area contributed by atoms with Gasteiger partial charge in [-0.05, 0) is 43.7 Å². The molecule has 1 unspecified atom stereocenters. The molecule has 1 N–H and O–H groups in total. The van der Waals surface area contributed by atoms with Crippen molar-refractivity contribution in [3.05, 3.63) is 28.7 Å². The van der Waals surface area contributed by atoms with Crippen molar-refractivity contribution in [2.45, 2.75) is 39.2 Å². The molecule has 0 saturated heterocycles. The van der Waals surface area contributed by atoms with Crippen molar-refractivity contribution >= 4 is 15.9 Å². The average Bonchev–Trinajstić information content (AvgIpc) is 2.32. The Hall–Kier alpha value is -0.540. The molecule has 0 aliphatic heterocycles. The van der Waals surface area contributed by atoms with E-state index in [0.29, 0.717) is 0 Å². The molecule has 0 saturated carbocycles. The maximum absolute atomic E-state index is 5.97. The molecule has 0 fully saturated rings. The van der Waals surface area contributed by atoms with Crippen LogP contribution in [0.1, 0.15) is 33.1 Å². The maximum Gasteiger partial charge on any atom is 0.119 e. The highest BCUT2D eigenvalue weighted by molar-refractivity contribution is 9.10. The summed E-state index contributed by atoms with van der Waals surface area (Å²) in [5.74, 6) is 0.949. The smallest absolute Gasteiger partial charge is 0.119 e.